The number of rotatable bonds is 7. The summed E-state index contributed by atoms with van der Waals surface area (Å²) in [5, 5.41) is 0. The molecule has 0 aliphatic carbocycles. The fourth-order valence-electron chi connectivity index (χ4n) is 3.00. The third-order valence-electron chi connectivity index (χ3n) is 4.01. The second kappa shape index (κ2) is 8.09. The van der Waals surface area contributed by atoms with Gasteiger partial charge in [-0.25, -0.2) is 0 Å². The molecule has 0 aliphatic heterocycles. The van der Waals surface area contributed by atoms with Gasteiger partial charge in [0.1, 0.15) is 5.75 Å². The van der Waals surface area contributed by atoms with Crippen molar-refractivity contribution in [2.24, 2.45) is 0 Å². The molecule has 0 unspecified atom stereocenters. The largest absolute Gasteiger partial charge is 0.496 e. The van der Waals surface area contributed by atoms with Gasteiger partial charge in [-0.05, 0) is 38.6 Å². The number of ether oxygens (including phenoxy) is 2. The van der Waals surface area contributed by atoms with Gasteiger partial charge in [-0.1, -0.05) is 23.8 Å². The van der Waals surface area contributed by atoms with Crippen molar-refractivity contribution in [3.63, 3.8) is 0 Å². The normalized spacial score (nSPS) is 12.4. The molecule has 2 rings (SSSR count). The molecule has 0 spiro atoms. The molecule has 0 fully saturated rings. The van der Waals surface area contributed by atoms with Gasteiger partial charge in [0.25, 0.3) is 0 Å². The molecule has 4 nitrogen and oxygen atoms in total. The molecule has 0 bridgehead atoms. The van der Waals surface area contributed by atoms with Crippen molar-refractivity contribution in [3.05, 3.63) is 58.9 Å². The van der Waals surface area contributed by atoms with Gasteiger partial charge in [0.05, 0.1) is 25.5 Å². The molecule has 0 amide bonds. The summed E-state index contributed by atoms with van der Waals surface area (Å²) >= 11 is 0. The lowest BCUT2D eigenvalue weighted by molar-refractivity contribution is 0.0995. The van der Waals surface area contributed by atoms with Crippen LogP contribution in [-0.2, 0) is 11.3 Å². The number of hydrogen-bond donors (Lipinski definition) is 0. The van der Waals surface area contributed by atoms with Crippen LogP contribution in [0.15, 0.2) is 36.5 Å². The number of pyridine rings is 1. The molecule has 2 aromatic rings. The molecule has 0 saturated heterocycles. The molecule has 1 aromatic heterocycles. The van der Waals surface area contributed by atoms with Crippen LogP contribution < -0.4 is 4.74 Å². The first kappa shape index (κ1) is 17.4. The smallest absolute Gasteiger partial charge is 0.126 e. The van der Waals surface area contributed by atoms with E-state index in [9.17, 15) is 0 Å². The van der Waals surface area contributed by atoms with Crippen LogP contribution >= 0.6 is 0 Å². The van der Waals surface area contributed by atoms with Crippen LogP contribution in [0.4, 0.5) is 0 Å². The summed E-state index contributed by atoms with van der Waals surface area (Å²) in [6.45, 7) is 5.57. The fourth-order valence-corrected chi connectivity index (χ4v) is 3.00. The Hall–Kier alpha value is -1.91. The maximum absolute atomic E-state index is 5.60. The Labute approximate surface area is 139 Å². The Morgan fingerprint density at radius 3 is 2.57 bits per heavy atom. The van der Waals surface area contributed by atoms with Crippen LogP contribution in [0.3, 0.4) is 0 Å². The summed E-state index contributed by atoms with van der Waals surface area (Å²) < 4.78 is 11.0. The van der Waals surface area contributed by atoms with E-state index in [0.29, 0.717) is 6.61 Å². The average Bonchev–Trinajstić information content (AvgIpc) is 2.53. The fraction of sp³-hybridized carbons (Fsp3) is 0.421. The minimum absolute atomic E-state index is 0.103. The van der Waals surface area contributed by atoms with Crippen molar-refractivity contribution in [1.82, 2.24) is 9.88 Å². The predicted molar refractivity (Wildman–Crippen MR) is 92.8 cm³/mol. The first-order valence-electron chi connectivity index (χ1n) is 7.81. The molecule has 23 heavy (non-hydrogen) atoms. The SMILES string of the molecule is COC[C@@H](c1ccccn1)N(C)Cc1cc(C)cc(C)c1OC. The number of hydrogen-bond acceptors (Lipinski definition) is 4. The Morgan fingerprint density at radius 2 is 1.96 bits per heavy atom. The van der Waals surface area contributed by atoms with E-state index in [1.54, 1.807) is 14.2 Å². The number of methoxy groups -OCH3 is 2. The summed E-state index contributed by atoms with van der Waals surface area (Å²) in [5.41, 5.74) is 4.61. The first-order chi connectivity index (χ1) is 11.1. The number of nitrogens with zero attached hydrogens (tertiary/aromatic N) is 2. The second-order valence-corrected chi connectivity index (χ2v) is 5.92. The van der Waals surface area contributed by atoms with Crippen molar-refractivity contribution >= 4 is 0 Å². The van der Waals surface area contributed by atoms with Crippen molar-refractivity contribution in [3.8, 4) is 5.75 Å². The standard InChI is InChI=1S/C19H26N2O2/c1-14-10-15(2)19(23-5)16(11-14)12-21(3)18(13-22-4)17-8-6-7-9-20-17/h6-11,18H,12-13H2,1-5H3/t18-/m0/s1. The molecule has 1 aromatic carbocycles. The van der Waals surface area contributed by atoms with Crippen LogP contribution in [0.5, 0.6) is 5.75 Å². The molecule has 0 saturated carbocycles. The maximum atomic E-state index is 5.60. The van der Waals surface area contributed by atoms with E-state index in [1.165, 1.54) is 11.1 Å². The van der Waals surface area contributed by atoms with E-state index in [-0.39, 0.29) is 6.04 Å². The molecular formula is C19H26N2O2. The third kappa shape index (κ3) is 4.30. The van der Waals surface area contributed by atoms with Crippen molar-refractivity contribution in [1.29, 1.82) is 0 Å². The lowest BCUT2D eigenvalue weighted by Gasteiger charge is -2.28. The van der Waals surface area contributed by atoms with Crippen LogP contribution in [0.25, 0.3) is 0 Å². The van der Waals surface area contributed by atoms with Crippen molar-refractivity contribution in [2.45, 2.75) is 26.4 Å². The second-order valence-electron chi connectivity index (χ2n) is 5.92. The highest BCUT2D eigenvalue weighted by Crippen LogP contribution is 2.28. The third-order valence-corrected chi connectivity index (χ3v) is 4.01. The molecule has 4 heteroatoms. The molecule has 0 aliphatic rings. The monoisotopic (exact) mass is 314 g/mol. The predicted octanol–water partition coefficient (Wildman–Crippen LogP) is 3.53. The number of likely N-dealkylation sites (N-methyl/N-ethyl adjacent to an activating group) is 1. The van der Waals surface area contributed by atoms with E-state index in [1.807, 2.05) is 24.4 Å². The van der Waals surface area contributed by atoms with E-state index in [2.05, 4.69) is 42.9 Å². The molecule has 0 radical (unpaired) electrons. The van der Waals surface area contributed by atoms with E-state index in [4.69, 9.17) is 9.47 Å². The molecular weight excluding hydrogens is 288 g/mol. The first-order valence-corrected chi connectivity index (χ1v) is 7.81. The lowest BCUT2D eigenvalue weighted by Crippen LogP contribution is -2.28. The average molecular weight is 314 g/mol. The Balaban J connectivity index is 2.27. The summed E-state index contributed by atoms with van der Waals surface area (Å²) in [6, 6.07) is 10.4. The summed E-state index contributed by atoms with van der Waals surface area (Å²) in [5.74, 6) is 0.958. The summed E-state index contributed by atoms with van der Waals surface area (Å²) in [7, 11) is 5.54. The minimum Gasteiger partial charge on any atom is -0.496 e. The van der Waals surface area contributed by atoms with E-state index >= 15 is 0 Å². The molecule has 1 heterocycles. The highest BCUT2D eigenvalue weighted by atomic mass is 16.5. The zero-order valence-corrected chi connectivity index (χ0v) is 14.7. The van der Waals surface area contributed by atoms with Gasteiger partial charge in [-0.15, -0.1) is 0 Å². The van der Waals surface area contributed by atoms with Crippen LogP contribution in [0, 0.1) is 13.8 Å². The van der Waals surface area contributed by atoms with E-state index in [0.717, 1.165) is 23.6 Å². The maximum Gasteiger partial charge on any atom is 0.126 e. The zero-order valence-electron chi connectivity index (χ0n) is 14.7. The van der Waals surface area contributed by atoms with Crippen molar-refractivity contribution < 1.29 is 9.47 Å². The Morgan fingerprint density at radius 1 is 1.17 bits per heavy atom. The molecule has 124 valence electrons. The molecule has 0 N–H and O–H groups in total. The van der Waals surface area contributed by atoms with Gasteiger partial charge in [-0.2, -0.15) is 0 Å². The van der Waals surface area contributed by atoms with Crippen LogP contribution in [0.1, 0.15) is 28.4 Å². The van der Waals surface area contributed by atoms with Gasteiger partial charge in [0.15, 0.2) is 0 Å². The van der Waals surface area contributed by atoms with Gasteiger partial charge in [0.2, 0.25) is 0 Å². The topological polar surface area (TPSA) is 34.6 Å². The summed E-state index contributed by atoms with van der Waals surface area (Å²) in [4.78, 5) is 6.74. The highest BCUT2D eigenvalue weighted by Gasteiger charge is 2.20. The zero-order chi connectivity index (χ0) is 16.8. The summed E-state index contributed by atoms with van der Waals surface area (Å²) in [6.07, 6.45) is 1.82. The number of aromatic nitrogens is 1. The van der Waals surface area contributed by atoms with Crippen molar-refractivity contribution in [2.75, 3.05) is 27.9 Å². The molecule has 1 atom stereocenters. The quantitative estimate of drug-likeness (QED) is 0.783. The van der Waals surface area contributed by atoms with Gasteiger partial charge in [0, 0.05) is 25.4 Å². The highest BCUT2D eigenvalue weighted by molar-refractivity contribution is 5.43. The van der Waals surface area contributed by atoms with Gasteiger partial charge < -0.3 is 9.47 Å². The van der Waals surface area contributed by atoms with E-state index < -0.39 is 0 Å². The van der Waals surface area contributed by atoms with Crippen LogP contribution in [0.2, 0.25) is 0 Å². The lowest BCUT2D eigenvalue weighted by atomic mass is 10.0. The Bertz CT molecular complexity index is 629. The van der Waals surface area contributed by atoms with Gasteiger partial charge >= 0.3 is 0 Å². The van der Waals surface area contributed by atoms with Crippen LogP contribution in [-0.4, -0.2) is 37.8 Å². The number of aryl methyl sites for hydroxylation is 2. The number of benzene rings is 1. The minimum atomic E-state index is 0.103. The Kier molecular flexibility index (Phi) is 6.13. The van der Waals surface area contributed by atoms with Gasteiger partial charge in [-0.3, -0.25) is 9.88 Å².